The number of aromatic nitrogens is 1. The molecule has 1 saturated carbocycles. The summed E-state index contributed by atoms with van der Waals surface area (Å²) in [5, 5.41) is 1.40. The second-order valence-electron chi connectivity index (χ2n) is 4.94. The van der Waals surface area contributed by atoms with E-state index >= 15 is 0 Å². The Morgan fingerprint density at radius 2 is 2.00 bits per heavy atom. The van der Waals surface area contributed by atoms with Crippen LogP contribution in [0.2, 0.25) is 0 Å². The minimum absolute atomic E-state index is 0.119. The molecule has 1 aliphatic rings. The zero-order valence-electron chi connectivity index (χ0n) is 9.90. The van der Waals surface area contributed by atoms with Crippen molar-refractivity contribution in [3.8, 4) is 0 Å². The Bertz CT molecular complexity index is 533. The summed E-state index contributed by atoms with van der Waals surface area (Å²) >= 11 is 0. The van der Waals surface area contributed by atoms with Gasteiger partial charge in [0.15, 0.2) is 0 Å². The van der Waals surface area contributed by atoms with Gasteiger partial charge >= 0.3 is 0 Å². The van der Waals surface area contributed by atoms with Gasteiger partial charge in [-0.25, -0.2) is 0 Å². The van der Waals surface area contributed by atoms with Crippen LogP contribution in [0.25, 0.3) is 10.9 Å². The first-order valence-corrected chi connectivity index (χ1v) is 6.03. The average Bonchev–Trinajstić information content (AvgIpc) is 3.05. The van der Waals surface area contributed by atoms with Crippen molar-refractivity contribution in [1.82, 2.24) is 4.57 Å². The molecule has 0 amide bonds. The van der Waals surface area contributed by atoms with Gasteiger partial charge < -0.3 is 10.3 Å². The van der Waals surface area contributed by atoms with Gasteiger partial charge in [0.05, 0.1) is 0 Å². The minimum atomic E-state index is 0.119. The highest BCUT2D eigenvalue weighted by atomic mass is 15.0. The molecule has 2 heteroatoms. The Morgan fingerprint density at radius 3 is 2.62 bits per heavy atom. The molecule has 0 bridgehead atoms. The lowest BCUT2D eigenvalue weighted by molar-refractivity contribution is 0.713. The van der Waals surface area contributed by atoms with E-state index < -0.39 is 0 Å². The molecule has 1 aromatic carbocycles. The maximum Gasteiger partial charge on any atom is 0.0483 e. The van der Waals surface area contributed by atoms with Crippen LogP contribution < -0.4 is 5.73 Å². The van der Waals surface area contributed by atoms with E-state index in [4.69, 9.17) is 5.73 Å². The number of benzene rings is 1. The van der Waals surface area contributed by atoms with Gasteiger partial charge in [-0.3, -0.25) is 0 Å². The highest BCUT2D eigenvalue weighted by Crippen LogP contribution is 2.46. The first kappa shape index (κ1) is 9.91. The zero-order chi connectivity index (χ0) is 11.3. The quantitative estimate of drug-likeness (QED) is 0.818. The molecule has 1 unspecified atom stereocenters. The van der Waals surface area contributed by atoms with Gasteiger partial charge in [0.25, 0.3) is 0 Å². The van der Waals surface area contributed by atoms with Gasteiger partial charge in [-0.2, -0.15) is 0 Å². The summed E-state index contributed by atoms with van der Waals surface area (Å²) < 4.78 is 2.27. The summed E-state index contributed by atoms with van der Waals surface area (Å²) in [6.45, 7) is 2.08. The summed E-state index contributed by atoms with van der Waals surface area (Å²) in [6, 6.07) is 8.76. The van der Waals surface area contributed by atoms with Gasteiger partial charge in [0.2, 0.25) is 0 Å². The highest BCUT2D eigenvalue weighted by Gasteiger charge is 2.31. The molecule has 0 saturated heterocycles. The van der Waals surface area contributed by atoms with Crippen LogP contribution in [0.5, 0.6) is 0 Å². The molecule has 1 aliphatic carbocycles. The Morgan fingerprint density at radius 1 is 1.31 bits per heavy atom. The number of para-hydroxylation sites is 1. The Labute approximate surface area is 96.1 Å². The number of hydrogen-bond acceptors (Lipinski definition) is 1. The highest BCUT2D eigenvalue weighted by molar-refractivity contribution is 5.86. The van der Waals surface area contributed by atoms with E-state index in [1.54, 1.807) is 0 Å². The SMILES string of the molecule is CC(N)c1c(C2CC2)c2ccccc2n1C. The van der Waals surface area contributed by atoms with Crippen molar-refractivity contribution < 1.29 is 0 Å². The van der Waals surface area contributed by atoms with Crippen LogP contribution in [0.1, 0.15) is 43.0 Å². The second-order valence-corrected chi connectivity index (χ2v) is 4.94. The van der Waals surface area contributed by atoms with Crippen LogP contribution in [-0.2, 0) is 7.05 Å². The fourth-order valence-corrected chi connectivity index (χ4v) is 2.79. The predicted molar refractivity (Wildman–Crippen MR) is 67.5 cm³/mol. The lowest BCUT2D eigenvalue weighted by Crippen LogP contribution is -2.11. The fourth-order valence-electron chi connectivity index (χ4n) is 2.79. The first-order chi connectivity index (χ1) is 7.70. The third-order valence-corrected chi connectivity index (χ3v) is 3.61. The number of nitrogens with two attached hydrogens (primary N) is 1. The van der Waals surface area contributed by atoms with Gasteiger partial charge in [-0.05, 0) is 37.3 Å². The number of rotatable bonds is 2. The normalized spacial score (nSPS) is 17.9. The molecular formula is C14H18N2. The maximum atomic E-state index is 6.12. The van der Waals surface area contributed by atoms with Crippen LogP contribution in [0, 0.1) is 0 Å². The Kier molecular flexibility index (Phi) is 2.08. The monoisotopic (exact) mass is 214 g/mol. The fraction of sp³-hybridized carbons (Fsp3) is 0.429. The molecule has 1 heterocycles. The molecule has 84 valence electrons. The van der Waals surface area contributed by atoms with E-state index in [2.05, 4.69) is 42.8 Å². The van der Waals surface area contributed by atoms with Crippen LogP contribution in [0.3, 0.4) is 0 Å². The second kappa shape index (κ2) is 3.36. The van der Waals surface area contributed by atoms with Gasteiger partial charge in [-0.15, -0.1) is 0 Å². The van der Waals surface area contributed by atoms with E-state index in [1.165, 1.54) is 35.0 Å². The van der Waals surface area contributed by atoms with Crippen LogP contribution in [-0.4, -0.2) is 4.57 Å². The van der Waals surface area contributed by atoms with E-state index in [-0.39, 0.29) is 6.04 Å². The molecule has 16 heavy (non-hydrogen) atoms. The number of hydrogen-bond donors (Lipinski definition) is 1. The number of aryl methyl sites for hydroxylation is 1. The molecule has 2 aromatic rings. The van der Waals surface area contributed by atoms with E-state index in [9.17, 15) is 0 Å². The van der Waals surface area contributed by atoms with Gasteiger partial charge in [-0.1, -0.05) is 18.2 Å². The molecule has 3 rings (SSSR count). The average molecular weight is 214 g/mol. The lowest BCUT2D eigenvalue weighted by atomic mass is 10.0. The van der Waals surface area contributed by atoms with Crippen molar-refractivity contribution >= 4 is 10.9 Å². The molecule has 0 aliphatic heterocycles. The summed E-state index contributed by atoms with van der Waals surface area (Å²) in [5.74, 6) is 0.757. The van der Waals surface area contributed by atoms with E-state index in [1.807, 2.05) is 0 Å². The standard InChI is InChI=1S/C14H18N2/c1-9(15)14-13(10-7-8-10)11-5-3-4-6-12(11)16(14)2/h3-6,9-10H,7-8,15H2,1-2H3. The topological polar surface area (TPSA) is 30.9 Å². The van der Waals surface area contributed by atoms with Gasteiger partial charge in [0.1, 0.15) is 0 Å². The first-order valence-electron chi connectivity index (χ1n) is 6.03. The molecule has 2 N–H and O–H groups in total. The van der Waals surface area contributed by atoms with Gasteiger partial charge in [0, 0.05) is 29.7 Å². The zero-order valence-corrected chi connectivity index (χ0v) is 9.90. The molecule has 2 nitrogen and oxygen atoms in total. The predicted octanol–water partition coefficient (Wildman–Crippen LogP) is 3.08. The van der Waals surface area contributed by atoms with Crippen LogP contribution in [0.15, 0.2) is 24.3 Å². The number of nitrogens with zero attached hydrogens (tertiary/aromatic N) is 1. The molecule has 1 aromatic heterocycles. The Balaban J connectivity index is 2.37. The smallest absolute Gasteiger partial charge is 0.0483 e. The summed E-state index contributed by atoms with van der Waals surface area (Å²) in [4.78, 5) is 0. The van der Waals surface area contributed by atoms with Crippen molar-refractivity contribution in [2.75, 3.05) is 0 Å². The summed E-state index contributed by atoms with van der Waals surface area (Å²) in [6.07, 6.45) is 2.65. The minimum Gasteiger partial charge on any atom is -0.346 e. The van der Waals surface area contributed by atoms with Crippen molar-refractivity contribution in [2.24, 2.45) is 12.8 Å². The molecule has 1 fully saturated rings. The molecule has 1 atom stereocenters. The lowest BCUT2D eigenvalue weighted by Gasteiger charge is -2.10. The van der Waals surface area contributed by atoms with E-state index in [0.29, 0.717) is 0 Å². The van der Waals surface area contributed by atoms with Crippen LogP contribution in [0.4, 0.5) is 0 Å². The largest absolute Gasteiger partial charge is 0.346 e. The Hall–Kier alpha value is -1.28. The summed E-state index contributed by atoms with van der Waals surface area (Å²) in [7, 11) is 2.13. The van der Waals surface area contributed by atoms with Crippen LogP contribution >= 0.6 is 0 Å². The van der Waals surface area contributed by atoms with Crippen molar-refractivity contribution in [3.05, 3.63) is 35.5 Å². The summed E-state index contributed by atoms with van der Waals surface area (Å²) in [5.41, 5.74) is 10.3. The number of fused-ring (bicyclic) bond motifs is 1. The molecule has 0 spiro atoms. The van der Waals surface area contributed by atoms with Crippen molar-refractivity contribution in [3.63, 3.8) is 0 Å². The third-order valence-electron chi connectivity index (χ3n) is 3.61. The molecular weight excluding hydrogens is 196 g/mol. The molecule has 0 radical (unpaired) electrons. The van der Waals surface area contributed by atoms with Crippen molar-refractivity contribution in [2.45, 2.75) is 31.7 Å². The third kappa shape index (κ3) is 1.30. The van der Waals surface area contributed by atoms with E-state index in [0.717, 1.165) is 5.92 Å². The van der Waals surface area contributed by atoms with Crippen molar-refractivity contribution in [1.29, 1.82) is 0 Å². The maximum absolute atomic E-state index is 6.12.